The van der Waals surface area contributed by atoms with E-state index in [0.29, 0.717) is 0 Å². The number of hydrogen-bond donors (Lipinski definition) is 0. The van der Waals surface area contributed by atoms with Gasteiger partial charge in [0.25, 0.3) is 0 Å². The van der Waals surface area contributed by atoms with Crippen LogP contribution in [-0.2, 0) is 0 Å². The Hall–Kier alpha value is -4.37. The average molecular weight is 412 g/mol. The molecule has 32 heavy (non-hydrogen) atoms. The van der Waals surface area contributed by atoms with Crippen molar-refractivity contribution in [3.05, 3.63) is 122 Å². The fraction of sp³-hybridized carbons (Fsp3) is 0. The van der Waals surface area contributed by atoms with Crippen molar-refractivity contribution in [2.24, 2.45) is 0 Å². The van der Waals surface area contributed by atoms with E-state index in [9.17, 15) is 0 Å². The lowest BCUT2D eigenvalue weighted by molar-refractivity contribution is 0.667. The highest BCUT2D eigenvalue weighted by Crippen LogP contribution is 2.41. The van der Waals surface area contributed by atoms with Gasteiger partial charge in [0.1, 0.15) is 0 Å². The van der Waals surface area contributed by atoms with Crippen LogP contribution in [0.15, 0.2) is 126 Å². The molecule has 0 fully saturated rings. The van der Waals surface area contributed by atoms with Crippen molar-refractivity contribution in [1.82, 2.24) is 4.98 Å². The first kappa shape index (κ1) is 18.4. The Bertz CT molecular complexity index is 1500. The van der Waals surface area contributed by atoms with Crippen molar-refractivity contribution in [3.8, 4) is 11.1 Å². The summed E-state index contributed by atoms with van der Waals surface area (Å²) in [6.45, 7) is 0. The highest BCUT2D eigenvalue weighted by Gasteiger charge is 2.19. The molecular weight excluding hydrogens is 392 g/mol. The second-order valence-corrected chi connectivity index (χ2v) is 7.71. The molecule has 0 saturated carbocycles. The molecule has 2 heterocycles. The molecule has 3 heteroatoms. The van der Waals surface area contributed by atoms with Gasteiger partial charge < -0.3 is 9.32 Å². The molecule has 0 saturated heterocycles. The van der Waals surface area contributed by atoms with Crippen LogP contribution in [0.1, 0.15) is 0 Å². The van der Waals surface area contributed by atoms with E-state index in [1.807, 2.05) is 18.2 Å². The second-order valence-electron chi connectivity index (χ2n) is 7.71. The molecule has 0 aliphatic carbocycles. The lowest BCUT2D eigenvalue weighted by Crippen LogP contribution is -2.10. The van der Waals surface area contributed by atoms with Gasteiger partial charge in [0.2, 0.25) is 0 Å². The SMILES string of the molecule is c1ccc(-c2ccc(N(c3ccccc3)c3cccc4c3oc3cnccc34)cc2)cc1. The normalized spacial score (nSPS) is 11.1. The van der Waals surface area contributed by atoms with E-state index in [1.165, 1.54) is 11.1 Å². The number of rotatable bonds is 4. The van der Waals surface area contributed by atoms with E-state index in [1.54, 1.807) is 12.4 Å². The van der Waals surface area contributed by atoms with Crippen molar-refractivity contribution in [2.75, 3.05) is 4.90 Å². The summed E-state index contributed by atoms with van der Waals surface area (Å²) in [6, 6.07) is 37.8. The van der Waals surface area contributed by atoms with E-state index < -0.39 is 0 Å². The Morgan fingerprint density at radius 2 is 1.25 bits per heavy atom. The Balaban J connectivity index is 1.54. The number of nitrogens with zero attached hydrogens (tertiary/aromatic N) is 2. The summed E-state index contributed by atoms with van der Waals surface area (Å²) in [7, 11) is 0. The fourth-order valence-electron chi connectivity index (χ4n) is 4.25. The van der Waals surface area contributed by atoms with Crippen molar-refractivity contribution in [3.63, 3.8) is 0 Å². The van der Waals surface area contributed by atoms with Crippen molar-refractivity contribution in [1.29, 1.82) is 0 Å². The monoisotopic (exact) mass is 412 g/mol. The molecule has 3 nitrogen and oxygen atoms in total. The summed E-state index contributed by atoms with van der Waals surface area (Å²) in [5, 5.41) is 2.16. The highest BCUT2D eigenvalue weighted by molar-refractivity contribution is 6.10. The number of aromatic nitrogens is 1. The van der Waals surface area contributed by atoms with Crippen LogP contribution in [0.5, 0.6) is 0 Å². The summed E-state index contributed by atoms with van der Waals surface area (Å²) in [5.41, 5.74) is 7.19. The molecule has 6 aromatic rings. The minimum Gasteiger partial charge on any atom is -0.452 e. The summed E-state index contributed by atoms with van der Waals surface area (Å²) in [5.74, 6) is 0. The Morgan fingerprint density at radius 3 is 2.03 bits per heavy atom. The third kappa shape index (κ3) is 3.12. The van der Waals surface area contributed by atoms with E-state index in [-0.39, 0.29) is 0 Å². The van der Waals surface area contributed by atoms with Gasteiger partial charge in [0.05, 0.1) is 11.9 Å². The van der Waals surface area contributed by atoms with Crippen molar-refractivity contribution >= 4 is 39.0 Å². The lowest BCUT2D eigenvalue weighted by atomic mass is 10.0. The highest BCUT2D eigenvalue weighted by atomic mass is 16.3. The quantitative estimate of drug-likeness (QED) is 0.293. The molecule has 2 aromatic heterocycles. The van der Waals surface area contributed by atoms with Crippen LogP contribution in [0, 0.1) is 0 Å². The zero-order chi connectivity index (χ0) is 21.3. The van der Waals surface area contributed by atoms with Gasteiger partial charge in [-0.05, 0) is 47.5 Å². The van der Waals surface area contributed by atoms with Gasteiger partial charge >= 0.3 is 0 Å². The van der Waals surface area contributed by atoms with Gasteiger partial charge in [-0.2, -0.15) is 0 Å². The Labute approximate surface area is 186 Å². The molecular formula is C29H20N2O. The van der Waals surface area contributed by atoms with Gasteiger partial charge in [0, 0.05) is 28.3 Å². The Kier molecular flexibility index (Phi) is 4.43. The molecule has 0 bridgehead atoms. The molecule has 152 valence electrons. The number of fused-ring (bicyclic) bond motifs is 3. The van der Waals surface area contributed by atoms with E-state index in [2.05, 4.69) is 101 Å². The fourth-order valence-corrected chi connectivity index (χ4v) is 4.25. The number of benzene rings is 4. The van der Waals surface area contributed by atoms with Gasteiger partial charge in [-0.1, -0.05) is 72.8 Å². The third-order valence-corrected chi connectivity index (χ3v) is 5.77. The van der Waals surface area contributed by atoms with Gasteiger partial charge in [-0.15, -0.1) is 0 Å². The van der Waals surface area contributed by atoms with Crippen LogP contribution in [0.3, 0.4) is 0 Å². The number of pyridine rings is 1. The summed E-state index contributed by atoms with van der Waals surface area (Å²) >= 11 is 0. The zero-order valence-electron chi connectivity index (χ0n) is 17.3. The maximum atomic E-state index is 6.30. The first-order chi connectivity index (χ1) is 15.9. The van der Waals surface area contributed by atoms with E-state index >= 15 is 0 Å². The van der Waals surface area contributed by atoms with Crippen molar-refractivity contribution in [2.45, 2.75) is 0 Å². The van der Waals surface area contributed by atoms with E-state index in [0.717, 1.165) is 39.0 Å². The summed E-state index contributed by atoms with van der Waals surface area (Å²) < 4.78 is 6.30. The summed E-state index contributed by atoms with van der Waals surface area (Å²) in [4.78, 5) is 6.47. The molecule has 6 rings (SSSR count). The molecule has 0 unspecified atom stereocenters. The smallest absolute Gasteiger partial charge is 0.159 e. The number of para-hydroxylation sites is 2. The number of anilines is 3. The van der Waals surface area contributed by atoms with E-state index in [4.69, 9.17) is 4.42 Å². The van der Waals surface area contributed by atoms with Crippen LogP contribution in [0.25, 0.3) is 33.1 Å². The van der Waals surface area contributed by atoms with Crippen LogP contribution >= 0.6 is 0 Å². The molecule has 0 radical (unpaired) electrons. The minimum absolute atomic E-state index is 0.794. The molecule has 0 spiro atoms. The predicted molar refractivity (Wildman–Crippen MR) is 132 cm³/mol. The predicted octanol–water partition coefficient (Wildman–Crippen LogP) is 8.12. The molecule has 0 amide bonds. The lowest BCUT2D eigenvalue weighted by Gasteiger charge is -2.25. The zero-order valence-corrected chi connectivity index (χ0v) is 17.3. The molecule has 0 N–H and O–H groups in total. The summed E-state index contributed by atoms with van der Waals surface area (Å²) in [6.07, 6.45) is 3.59. The molecule has 0 aliphatic heterocycles. The first-order valence-electron chi connectivity index (χ1n) is 10.6. The van der Waals surface area contributed by atoms with Crippen LogP contribution in [0.4, 0.5) is 17.1 Å². The largest absolute Gasteiger partial charge is 0.452 e. The van der Waals surface area contributed by atoms with Gasteiger partial charge in [-0.3, -0.25) is 4.98 Å². The minimum atomic E-state index is 0.794. The van der Waals surface area contributed by atoms with Gasteiger partial charge in [0.15, 0.2) is 11.2 Å². The van der Waals surface area contributed by atoms with Crippen molar-refractivity contribution < 1.29 is 4.42 Å². The third-order valence-electron chi connectivity index (χ3n) is 5.77. The van der Waals surface area contributed by atoms with Gasteiger partial charge in [-0.25, -0.2) is 0 Å². The number of hydrogen-bond acceptors (Lipinski definition) is 3. The average Bonchev–Trinajstić information content (AvgIpc) is 3.26. The maximum absolute atomic E-state index is 6.30. The van der Waals surface area contributed by atoms with Crippen LogP contribution < -0.4 is 4.90 Å². The molecule has 4 aromatic carbocycles. The Morgan fingerprint density at radius 1 is 0.562 bits per heavy atom. The topological polar surface area (TPSA) is 29.3 Å². The standard InChI is InChI=1S/C29H20N2O/c1-3-8-21(9-4-1)22-14-16-24(17-15-22)31(23-10-5-2-6-11-23)27-13-7-12-26-25-18-19-30-20-28(25)32-29(26)27/h1-20H. The number of furan rings is 1. The van der Waals surface area contributed by atoms with Crippen LogP contribution in [-0.4, -0.2) is 4.98 Å². The van der Waals surface area contributed by atoms with Crippen LogP contribution in [0.2, 0.25) is 0 Å². The molecule has 0 aliphatic rings. The maximum Gasteiger partial charge on any atom is 0.159 e. The molecule has 0 atom stereocenters. The first-order valence-corrected chi connectivity index (χ1v) is 10.6. The second kappa shape index (κ2) is 7.71.